The van der Waals surface area contributed by atoms with Crippen LogP contribution in [0.1, 0.15) is 38.3 Å². The summed E-state index contributed by atoms with van der Waals surface area (Å²) in [7, 11) is 0. The standard InChI is InChI=1S/C14H23NO/c1-4-14(11(2)3)15-9-12-7-5-6-8-13(12)10-16/h5-8,11,14-16H,4,9-10H2,1-3H3. The van der Waals surface area contributed by atoms with Crippen molar-refractivity contribution in [1.29, 1.82) is 0 Å². The molecule has 0 saturated carbocycles. The number of aliphatic hydroxyl groups is 1. The molecule has 2 nitrogen and oxygen atoms in total. The Labute approximate surface area is 98.7 Å². The Morgan fingerprint density at radius 3 is 2.31 bits per heavy atom. The summed E-state index contributed by atoms with van der Waals surface area (Å²) in [4.78, 5) is 0. The lowest BCUT2D eigenvalue weighted by atomic mass is 10.0. The van der Waals surface area contributed by atoms with Crippen LogP contribution in [0.5, 0.6) is 0 Å². The van der Waals surface area contributed by atoms with Gasteiger partial charge in [0.25, 0.3) is 0 Å². The second kappa shape index (κ2) is 6.66. The molecule has 0 aliphatic rings. The molecule has 0 saturated heterocycles. The van der Waals surface area contributed by atoms with Crippen molar-refractivity contribution >= 4 is 0 Å². The fourth-order valence-corrected chi connectivity index (χ4v) is 1.98. The van der Waals surface area contributed by atoms with Gasteiger partial charge in [-0.05, 0) is 23.5 Å². The second-order valence-corrected chi connectivity index (χ2v) is 4.57. The van der Waals surface area contributed by atoms with E-state index in [1.807, 2.05) is 18.2 Å². The van der Waals surface area contributed by atoms with Crippen molar-refractivity contribution in [2.24, 2.45) is 5.92 Å². The van der Waals surface area contributed by atoms with Gasteiger partial charge in [0.1, 0.15) is 0 Å². The molecule has 2 heteroatoms. The van der Waals surface area contributed by atoms with Crippen molar-refractivity contribution in [1.82, 2.24) is 5.32 Å². The van der Waals surface area contributed by atoms with Crippen molar-refractivity contribution in [3.8, 4) is 0 Å². The van der Waals surface area contributed by atoms with E-state index in [4.69, 9.17) is 0 Å². The van der Waals surface area contributed by atoms with Crippen LogP contribution in [0.2, 0.25) is 0 Å². The predicted molar refractivity (Wildman–Crippen MR) is 68.1 cm³/mol. The Bertz CT molecular complexity index is 309. The molecule has 90 valence electrons. The Balaban J connectivity index is 2.59. The third-order valence-electron chi connectivity index (χ3n) is 3.09. The lowest BCUT2D eigenvalue weighted by Gasteiger charge is -2.21. The summed E-state index contributed by atoms with van der Waals surface area (Å²) in [5.41, 5.74) is 2.22. The van der Waals surface area contributed by atoms with Crippen LogP contribution >= 0.6 is 0 Å². The highest BCUT2D eigenvalue weighted by molar-refractivity contribution is 5.26. The van der Waals surface area contributed by atoms with Gasteiger partial charge in [0.15, 0.2) is 0 Å². The molecule has 0 aromatic heterocycles. The number of rotatable bonds is 6. The highest BCUT2D eigenvalue weighted by atomic mass is 16.3. The van der Waals surface area contributed by atoms with E-state index >= 15 is 0 Å². The molecule has 1 unspecified atom stereocenters. The van der Waals surface area contributed by atoms with Gasteiger partial charge in [-0.3, -0.25) is 0 Å². The third kappa shape index (κ3) is 3.62. The fraction of sp³-hybridized carbons (Fsp3) is 0.571. The van der Waals surface area contributed by atoms with E-state index in [0.29, 0.717) is 12.0 Å². The number of hydrogen-bond donors (Lipinski definition) is 2. The second-order valence-electron chi connectivity index (χ2n) is 4.57. The van der Waals surface area contributed by atoms with Crippen LogP contribution in [0, 0.1) is 5.92 Å². The van der Waals surface area contributed by atoms with Gasteiger partial charge < -0.3 is 10.4 Å². The van der Waals surface area contributed by atoms with E-state index in [9.17, 15) is 5.11 Å². The lowest BCUT2D eigenvalue weighted by Crippen LogP contribution is -2.32. The molecule has 2 N–H and O–H groups in total. The van der Waals surface area contributed by atoms with Crippen LogP contribution in [0.25, 0.3) is 0 Å². The SMILES string of the molecule is CCC(NCc1ccccc1CO)C(C)C. The molecule has 0 fully saturated rings. The molecular weight excluding hydrogens is 198 g/mol. The molecule has 0 radical (unpaired) electrons. The van der Waals surface area contributed by atoms with Crippen molar-refractivity contribution in [2.75, 3.05) is 0 Å². The van der Waals surface area contributed by atoms with Gasteiger partial charge in [-0.2, -0.15) is 0 Å². The quantitative estimate of drug-likeness (QED) is 0.774. The lowest BCUT2D eigenvalue weighted by molar-refractivity contribution is 0.279. The van der Waals surface area contributed by atoms with Crippen molar-refractivity contribution in [2.45, 2.75) is 46.4 Å². The topological polar surface area (TPSA) is 32.3 Å². The Morgan fingerprint density at radius 2 is 1.81 bits per heavy atom. The Hall–Kier alpha value is -0.860. The van der Waals surface area contributed by atoms with Gasteiger partial charge in [-0.15, -0.1) is 0 Å². The zero-order chi connectivity index (χ0) is 12.0. The number of aliphatic hydroxyl groups excluding tert-OH is 1. The normalized spacial score (nSPS) is 13.1. The van der Waals surface area contributed by atoms with E-state index in [0.717, 1.165) is 18.5 Å². The van der Waals surface area contributed by atoms with E-state index in [1.165, 1.54) is 5.56 Å². The maximum atomic E-state index is 9.22. The van der Waals surface area contributed by atoms with E-state index in [2.05, 4.69) is 32.2 Å². The first-order valence-electron chi connectivity index (χ1n) is 6.10. The smallest absolute Gasteiger partial charge is 0.0685 e. The summed E-state index contributed by atoms with van der Waals surface area (Å²) < 4.78 is 0. The molecule has 16 heavy (non-hydrogen) atoms. The average Bonchev–Trinajstić information content (AvgIpc) is 2.30. The van der Waals surface area contributed by atoms with Crippen LogP contribution in [0.3, 0.4) is 0 Å². The molecule has 1 rings (SSSR count). The zero-order valence-electron chi connectivity index (χ0n) is 10.5. The van der Waals surface area contributed by atoms with Crippen LogP contribution in [-0.2, 0) is 13.2 Å². The first-order chi connectivity index (χ1) is 7.69. The van der Waals surface area contributed by atoms with Crippen LogP contribution < -0.4 is 5.32 Å². The molecule has 0 heterocycles. The van der Waals surface area contributed by atoms with E-state index in [1.54, 1.807) is 0 Å². The highest BCUT2D eigenvalue weighted by Gasteiger charge is 2.10. The minimum absolute atomic E-state index is 0.121. The number of nitrogens with one attached hydrogen (secondary N) is 1. The summed E-state index contributed by atoms with van der Waals surface area (Å²) >= 11 is 0. The van der Waals surface area contributed by atoms with Crippen molar-refractivity contribution in [3.05, 3.63) is 35.4 Å². The molecule has 1 aromatic carbocycles. The summed E-state index contributed by atoms with van der Waals surface area (Å²) in [6, 6.07) is 8.59. The van der Waals surface area contributed by atoms with E-state index < -0.39 is 0 Å². The van der Waals surface area contributed by atoms with Crippen molar-refractivity contribution < 1.29 is 5.11 Å². The van der Waals surface area contributed by atoms with Crippen LogP contribution in [-0.4, -0.2) is 11.1 Å². The predicted octanol–water partition coefficient (Wildman–Crippen LogP) is 2.70. The number of benzene rings is 1. The largest absolute Gasteiger partial charge is 0.392 e. The summed E-state index contributed by atoms with van der Waals surface area (Å²) in [6.07, 6.45) is 1.14. The minimum Gasteiger partial charge on any atom is -0.392 e. The molecule has 0 aliphatic heterocycles. The fourth-order valence-electron chi connectivity index (χ4n) is 1.98. The molecule has 1 aromatic rings. The maximum absolute atomic E-state index is 9.22. The van der Waals surface area contributed by atoms with Gasteiger partial charge in [0.05, 0.1) is 6.61 Å². The molecule has 1 atom stereocenters. The molecule has 0 spiro atoms. The monoisotopic (exact) mass is 221 g/mol. The van der Waals surface area contributed by atoms with Gasteiger partial charge in [-0.1, -0.05) is 45.0 Å². The molecule has 0 amide bonds. The van der Waals surface area contributed by atoms with Gasteiger partial charge in [0.2, 0.25) is 0 Å². The average molecular weight is 221 g/mol. The maximum Gasteiger partial charge on any atom is 0.0685 e. The van der Waals surface area contributed by atoms with Crippen LogP contribution in [0.4, 0.5) is 0 Å². The first-order valence-corrected chi connectivity index (χ1v) is 6.10. The summed E-state index contributed by atoms with van der Waals surface area (Å²) in [6.45, 7) is 7.64. The molecule has 0 bridgehead atoms. The van der Waals surface area contributed by atoms with E-state index in [-0.39, 0.29) is 6.61 Å². The van der Waals surface area contributed by atoms with Gasteiger partial charge in [0, 0.05) is 12.6 Å². The zero-order valence-corrected chi connectivity index (χ0v) is 10.5. The highest BCUT2D eigenvalue weighted by Crippen LogP contribution is 2.11. The third-order valence-corrected chi connectivity index (χ3v) is 3.09. The van der Waals surface area contributed by atoms with Crippen molar-refractivity contribution in [3.63, 3.8) is 0 Å². The summed E-state index contributed by atoms with van der Waals surface area (Å²) in [5, 5.41) is 12.8. The minimum atomic E-state index is 0.121. The summed E-state index contributed by atoms with van der Waals surface area (Å²) in [5.74, 6) is 0.645. The van der Waals surface area contributed by atoms with Gasteiger partial charge >= 0.3 is 0 Å². The van der Waals surface area contributed by atoms with Crippen LogP contribution in [0.15, 0.2) is 24.3 Å². The molecular formula is C14H23NO. The number of hydrogen-bond acceptors (Lipinski definition) is 2. The van der Waals surface area contributed by atoms with Gasteiger partial charge in [-0.25, -0.2) is 0 Å². The molecule has 0 aliphatic carbocycles. The first kappa shape index (κ1) is 13.2. The Morgan fingerprint density at radius 1 is 1.19 bits per heavy atom. The Kier molecular flexibility index (Phi) is 5.50.